The third-order valence-electron chi connectivity index (χ3n) is 7.54. The maximum absolute atomic E-state index is 13.2. The van der Waals surface area contributed by atoms with Gasteiger partial charge >= 0.3 is 5.97 Å². The van der Waals surface area contributed by atoms with Crippen molar-refractivity contribution in [1.82, 2.24) is 0 Å². The molecule has 4 aromatic rings. The SMILES string of the molecule is COc1cc2c(cc1Nc1ccccc1)C1(OC(=O)c3ccccc31)c1ccc(N3CCCC3)cc1O2. The van der Waals surface area contributed by atoms with Crippen LogP contribution in [0.2, 0.25) is 0 Å². The quantitative estimate of drug-likeness (QED) is 0.325. The first-order valence-electron chi connectivity index (χ1n) is 12.6. The second kappa shape index (κ2) is 8.30. The van der Waals surface area contributed by atoms with E-state index in [9.17, 15) is 4.79 Å². The average molecular weight is 491 g/mol. The molecule has 6 nitrogen and oxygen atoms in total. The summed E-state index contributed by atoms with van der Waals surface area (Å²) < 4.78 is 18.7. The molecule has 1 fully saturated rings. The third-order valence-corrected chi connectivity index (χ3v) is 7.54. The van der Waals surface area contributed by atoms with Gasteiger partial charge < -0.3 is 24.4 Å². The van der Waals surface area contributed by atoms with Gasteiger partial charge in [-0.15, -0.1) is 0 Å². The van der Waals surface area contributed by atoms with Crippen molar-refractivity contribution in [3.8, 4) is 17.2 Å². The van der Waals surface area contributed by atoms with Gasteiger partial charge in [0.15, 0.2) is 5.60 Å². The molecule has 3 aliphatic rings. The van der Waals surface area contributed by atoms with Gasteiger partial charge in [-0.2, -0.15) is 0 Å². The number of esters is 1. The van der Waals surface area contributed by atoms with Crippen LogP contribution in [-0.4, -0.2) is 26.2 Å². The lowest BCUT2D eigenvalue weighted by Crippen LogP contribution is -2.33. The van der Waals surface area contributed by atoms with Crippen LogP contribution in [-0.2, 0) is 10.3 Å². The van der Waals surface area contributed by atoms with Crippen molar-refractivity contribution in [3.05, 3.63) is 107 Å². The van der Waals surface area contributed by atoms with Crippen LogP contribution < -0.4 is 19.7 Å². The number of anilines is 3. The van der Waals surface area contributed by atoms with Crippen LogP contribution in [0.1, 0.15) is 39.9 Å². The second-order valence-electron chi connectivity index (χ2n) is 9.63. The van der Waals surface area contributed by atoms with Crippen molar-refractivity contribution < 1.29 is 19.0 Å². The number of para-hydroxylation sites is 1. The molecule has 3 aliphatic heterocycles. The van der Waals surface area contributed by atoms with Gasteiger partial charge in [-0.1, -0.05) is 36.4 Å². The number of ether oxygens (including phenoxy) is 3. The number of rotatable bonds is 4. The van der Waals surface area contributed by atoms with Gasteiger partial charge in [-0.3, -0.25) is 0 Å². The molecule has 0 aromatic heterocycles. The molecule has 1 N–H and O–H groups in total. The van der Waals surface area contributed by atoms with E-state index in [1.54, 1.807) is 7.11 Å². The molecule has 6 heteroatoms. The lowest BCUT2D eigenvalue weighted by atomic mass is 9.77. The van der Waals surface area contributed by atoms with E-state index in [1.165, 1.54) is 12.8 Å². The van der Waals surface area contributed by atoms with E-state index >= 15 is 0 Å². The number of methoxy groups -OCH3 is 1. The van der Waals surface area contributed by atoms with Gasteiger partial charge in [0.25, 0.3) is 0 Å². The van der Waals surface area contributed by atoms with Crippen molar-refractivity contribution in [2.75, 3.05) is 30.4 Å². The molecule has 37 heavy (non-hydrogen) atoms. The van der Waals surface area contributed by atoms with Crippen molar-refractivity contribution >= 4 is 23.0 Å². The summed E-state index contributed by atoms with van der Waals surface area (Å²) in [6.07, 6.45) is 2.37. The molecule has 1 saturated heterocycles. The number of hydrogen-bond acceptors (Lipinski definition) is 6. The van der Waals surface area contributed by atoms with Gasteiger partial charge in [0.05, 0.1) is 18.4 Å². The zero-order valence-electron chi connectivity index (χ0n) is 20.5. The first-order valence-corrected chi connectivity index (χ1v) is 12.6. The van der Waals surface area contributed by atoms with Crippen molar-refractivity contribution in [3.63, 3.8) is 0 Å². The third kappa shape index (κ3) is 3.29. The highest BCUT2D eigenvalue weighted by atomic mass is 16.6. The van der Waals surface area contributed by atoms with Crippen molar-refractivity contribution in [2.24, 2.45) is 0 Å². The van der Waals surface area contributed by atoms with E-state index in [4.69, 9.17) is 14.2 Å². The summed E-state index contributed by atoms with van der Waals surface area (Å²) in [5, 5.41) is 3.46. The summed E-state index contributed by atoms with van der Waals surface area (Å²) in [5.41, 5.74) is 4.62. The second-order valence-corrected chi connectivity index (χ2v) is 9.63. The number of nitrogens with one attached hydrogen (secondary N) is 1. The lowest BCUT2D eigenvalue weighted by molar-refractivity contribution is 0.0224. The predicted molar refractivity (Wildman–Crippen MR) is 142 cm³/mol. The Balaban J connectivity index is 1.45. The highest BCUT2D eigenvalue weighted by molar-refractivity contribution is 5.97. The minimum absolute atomic E-state index is 0.341. The van der Waals surface area contributed by atoms with Gasteiger partial charge in [-0.25, -0.2) is 4.79 Å². The molecule has 0 radical (unpaired) electrons. The standard InChI is InChI=1S/C31H26N2O4/c1-35-29-19-28-25(18-26(29)32-20-9-3-2-4-10-20)31(23-12-6-5-11-22(23)30(34)37-31)24-14-13-21(17-27(24)36-28)33-15-7-8-16-33/h2-6,9-14,17-19,32H,7-8,15-16H2,1H3. The highest BCUT2D eigenvalue weighted by Gasteiger charge is 2.54. The summed E-state index contributed by atoms with van der Waals surface area (Å²) in [4.78, 5) is 15.6. The Morgan fingerprint density at radius 2 is 1.59 bits per heavy atom. The fraction of sp³-hybridized carbons (Fsp3) is 0.194. The van der Waals surface area contributed by atoms with E-state index in [0.717, 1.165) is 46.8 Å². The molecule has 7 rings (SSSR count). The van der Waals surface area contributed by atoms with E-state index in [-0.39, 0.29) is 5.97 Å². The molecule has 1 spiro atoms. The Bertz CT molecular complexity index is 1530. The van der Waals surface area contributed by atoms with Crippen LogP contribution in [0.4, 0.5) is 17.1 Å². The fourth-order valence-corrected chi connectivity index (χ4v) is 5.80. The molecule has 0 aliphatic carbocycles. The molecule has 0 bridgehead atoms. The Kier molecular flexibility index (Phi) is 4.89. The predicted octanol–water partition coefficient (Wildman–Crippen LogP) is 6.61. The van der Waals surface area contributed by atoms with Gasteiger partial charge in [0.2, 0.25) is 0 Å². The molecule has 0 saturated carbocycles. The molecular weight excluding hydrogens is 464 g/mol. The smallest absolute Gasteiger partial charge is 0.340 e. The van der Waals surface area contributed by atoms with E-state index in [2.05, 4.69) is 28.4 Å². The highest BCUT2D eigenvalue weighted by Crippen LogP contribution is 2.58. The summed E-state index contributed by atoms with van der Waals surface area (Å²) in [7, 11) is 1.64. The van der Waals surface area contributed by atoms with Gasteiger partial charge in [-0.05, 0) is 49.2 Å². The molecule has 184 valence electrons. The maximum Gasteiger partial charge on any atom is 0.340 e. The number of benzene rings is 4. The zero-order chi connectivity index (χ0) is 25.0. The Morgan fingerprint density at radius 1 is 0.838 bits per heavy atom. The van der Waals surface area contributed by atoms with Crippen LogP contribution in [0.25, 0.3) is 0 Å². The summed E-state index contributed by atoms with van der Waals surface area (Å²) in [6.45, 7) is 2.06. The molecular formula is C31H26N2O4. The van der Waals surface area contributed by atoms with Crippen LogP contribution in [0.15, 0.2) is 84.9 Å². The van der Waals surface area contributed by atoms with Crippen LogP contribution >= 0.6 is 0 Å². The van der Waals surface area contributed by atoms with Crippen LogP contribution in [0.5, 0.6) is 17.2 Å². The monoisotopic (exact) mass is 490 g/mol. The zero-order valence-corrected chi connectivity index (χ0v) is 20.5. The topological polar surface area (TPSA) is 60.0 Å². The molecule has 1 unspecified atom stereocenters. The summed E-state index contributed by atoms with van der Waals surface area (Å²) in [5.74, 6) is 1.58. The van der Waals surface area contributed by atoms with Crippen LogP contribution in [0, 0.1) is 0 Å². The minimum Gasteiger partial charge on any atom is -0.494 e. The largest absolute Gasteiger partial charge is 0.494 e. The van der Waals surface area contributed by atoms with E-state index < -0.39 is 5.60 Å². The number of carbonyl (C=O) groups is 1. The Morgan fingerprint density at radius 3 is 2.41 bits per heavy atom. The molecule has 4 aromatic carbocycles. The lowest BCUT2D eigenvalue weighted by Gasteiger charge is -2.37. The number of hydrogen-bond donors (Lipinski definition) is 1. The van der Waals surface area contributed by atoms with Gasteiger partial charge in [0, 0.05) is 53.3 Å². The van der Waals surface area contributed by atoms with Crippen molar-refractivity contribution in [1.29, 1.82) is 0 Å². The first kappa shape index (κ1) is 21.8. The van der Waals surface area contributed by atoms with Gasteiger partial charge in [0.1, 0.15) is 17.2 Å². The number of fused-ring (bicyclic) bond motifs is 6. The van der Waals surface area contributed by atoms with Crippen molar-refractivity contribution in [2.45, 2.75) is 18.4 Å². The van der Waals surface area contributed by atoms with E-state index in [0.29, 0.717) is 22.8 Å². The Hall–Kier alpha value is -4.45. The number of nitrogens with zero attached hydrogens (tertiary/aromatic N) is 1. The normalized spacial score (nSPS) is 19.1. The summed E-state index contributed by atoms with van der Waals surface area (Å²) in [6, 6.07) is 27.6. The molecule has 3 heterocycles. The molecule has 0 amide bonds. The Labute approximate surface area is 215 Å². The van der Waals surface area contributed by atoms with E-state index in [1.807, 2.05) is 66.7 Å². The van der Waals surface area contributed by atoms with Crippen LogP contribution in [0.3, 0.4) is 0 Å². The minimum atomic E-state index is -1.13. The fourth-order valence-electron chi connectivity index (χ4n) is 5.80. The number of carbonyl (C=O) groups excluding carboxylic acids is 1. The maximum atomic E-state index is 13.2. The summed E-state index contributed by atoms with van der Waals surface area (Å²) >= 11 is 0. The molecule has 1 atom stereocenters. The first-order chi connectivity index (χ1) is 18.2. The average Bonchev–Trinajstić information content (AvgIpc) is 3.57.